The first-order valence-corrected chi connectivity index (χ1v) is 12.4. The molecule has 3 aromatic rings. The second kappa shape index (κ2) is 8.66. The summed E-state index contributed by atoms with van der Waals surface area (Å²) in [6.07, 6.45) is 1.36. The molecule has 0 saturated carbocycles. The van der Waals surface area contributed by atoms with Gasteiger partial charge in [0.1, 0.15) is 5.01 Å². The van der Waals surface area contributed by atoms with Crippen LogP contribution in [0.5, 0.6) is 0 Å². The van der Waals surface area contributed by atoms with Gasteiger partial charge in [-0.1, -0.05) is 35.1 Å². The van der Waals surface area contributed by atoms with Gasteiger partial charge in [-0.05, 0) is 68.1 Å². The summed E-state index contributed by atoms with van der Waals surface area (Å²) in [7, 11) is -3.69. The molecule has 1 aromatic heterocycles. The molecule has 1 saturated heterocycles. The lowest BCUT2D eigenvalue weighted by atomic mass is 10.2. The van der Waals surface area contributed by atoms with Crippen LogP contribution in [0, 0.1) is 13.8 Å². The van der Waals surface area contributed by atoms with Crippen LogP contribution in [0.4, 0.5) is 5.69 Å². The fraction of sp³-hybridized carbons (Fsp3) is 0.286. The lowest BCUT2D eigenvalue weighted by Crippen LogP contribution is -2.31. The zero-order valence-corrected chi connectivity index (χ0v) is 19.4. The van der Waals surface area contributed by atoms with Crippen molar-refractivity contribution in [2.75, 3.05) is 11.9 Å². The number of carbonyl (C=O) groups excluding carboxylic acids is 1. The van der Waals surface area contributed by atoms with Crippen molar-refractivity contribution in [1.82, 2.24) is 14.5 Å². The number of hydrogen-bond acceptors (Lipinski definition) is 6. The Bertz CT molecular complexity index is 1230. The first kappa shape index (κ1) is 21.9. The van der Waals surface area contributed by atoms with E-state index in [1.165, 1.54) is 4.31 Å². The van der Waals surface area contributed by atoms with Gasteiger partial charge in [0.05, 0.1) is 10.9 Å². The number of nitrogens with one attached hydrogen (secondary N) is 1. The number of nitrogens with zero attached hydrogens (tertiary/aromatic N) is 3. The molecule has 0 bridgehead atoms. The van der Waals surface area contributed by atoms with Crippen LogP contribution in [-0.2, 0) is 10.0 Å². The number of amides is 1. The van der Waals surface area contributed by atoms with Crippen LogP contribution in [0.15, 0.2) is 47.4 Å². The molecule has 1 N–H and O–H groups in total. The van der Waals surface area contributed by atoms with Crippen LogP contribution in [0.25, 0.3) is 0 Å². The van der Waals surface area contributed by atoms with Crippen LogP contribution >= 0.6 is 22.9 Å². The van der Waals surface area contributed by atoms with Gasteiger partial charge in [0.2, 0.25) is 15.0 Å². The molecule has 31 heavy (non-hydrogen) atoms. The molecule has 2 heterocycles. The Kier molecular flexibility index (Phi) is 6.11. The van der Waals surface area contributed by atoms with E-state index in [2.05, 4.69) is 15.5 Å². The summed E-state index contributed by atoms with van der Waals surface area (Å²) in [6.45, 7) is 4.07. The van der Waals surface area contributed by atoms with Gasteiger partial charge in [0, 0.05) is 17.3 Å². The second-order valence-corrected chi connectivity index (χ2v) is 10.8. The van der Waals surface area contributed by atoms with Crippen molar-refractivity contribution in [2.24, 2.45) is 0 Å². The summed E-state index contributed by atoms with van der Waals surface area (Å²) in [5.41, 5.74) is 2.18. The lowest BCUT2D eigenvalue weighted by molar-refractivity contribution is 0.102. The van der Waals surface area contributed by atoms with Crippen molar-refractivity contribution in [3.8, 4) is 0 Å². The number of halogens is 1. The first-order chi connectivity index (χ1) is 14.8. The Labute approximate surface area is 190 Å². The average molecular weight is 477 g/mol. The molecule has 1 aliphatic rings. The maximum atomic E-state index is 13.4. The molecule has 2 aromatic carbocycles. The van der Waals surface area contributed by atoms with Crippen molar-refractivity contribution in [3.63, 3.8) is 0 Å². The predicted molar refractivity (Wildman–Crippen MR) is 121 cm³/mol. The Morgan fingerprint density at radius 1 is 1.16 bits per heavy atom. The molecule has 1 amide bonds. The van der Waals surface area contributed by atoms with E-state index in [1.54, 1.807) is 37.3 Å². The molecule has 162 valence electrons. The number of sulfonamides is 1. The van der Waals surface area contributed by atoms with Crippen LogP contribution in [0.2, 0.25) is 5.02 Å². The molecule has 1 atom stereocenters. The normalized spacial score (nSPS) is 17.1. The van der Waals surface area contributed by atoms with Crippen LogP contribution in [0.3, 0.4) is 0 Å². The quantitative estimate of drug-likeness (QED) is 0.581. The van der Waals surface area contributed by atoms with E-state index in [0.29, 0.717) is 39.1 Å². The number of benzene rings is 2. The molecule has 1 fully saturated rings. The summed E-state index contributed by atoms with van der Waals surface area (Å²) in [6, 6.07) is 11.7. The monoisotopic (exact) mass is 476 g/mol. The number of rotatable bonds is 5. The minimum atomic E-state index is -3.69. The smallest absolute Gasteiger partial charge is 0.286 e. The second-order valence-electron chi connectivity index (χ2n) is 7.45. The highest BCUT2D eigenvalue weighted by Crippen LogP contribution is 2.38. The Morgan fingerprint density at radius 3 is 2.65 bits per heavy atom. The van der Waals surface area contributed by atoms with Crippen LogP contribution in [0.1, 0.15) is 44.8 Å². The largest absolute Gasteiger partial charge is 0.320 e. The van der Waals surface area contributed by atoms with Gasteiger partial charge in [-0.3, -0.25) is 4.79 Å². The van der Waals surface area contributed by atoms with E-state index in [-0.39, 0.29) is 5.01 Å². The molecule has 0 radical (unpaired) electrons. The highest BCUT2D eigenvalue weighted by Gasteiger charge is 2.39. The standard InChI is InChI=1S/C21H21ClN4O3S2/c1-13-5-6-14(2)18(12-13)31(28,29)26-11-3-4-17(26)20-24-25-21(30-20)19(27)23-16-9-7-15(22)8-10-16/h5-10,12,17H,3-4,11H2,1-2H3,(H,23,27)/t17-/m1/s1. The van der Waals surface area contributed by atoms with E-state index in [1.807, 2.05) is 19.1 Å². The van der Waals surface area contributed by atoms with Gasteiger partial charge in [0.25, 0.3) is 5.91 Å². The van der Waals surface area contributed by atoms with Gasteiger partial charge in [-0.15, -0.1) is 10.2 Å². The van der Waals surface area contributed by atoms with Crippen molar-refractivity contribution in [2.45, 2.75) is 37.6 Å². The Balaban J connectivity index is 1.57. The summed E-state index contributed by atoms with van der Waals surface area (Å²) < 4.78 is 28.3. The number of aryl methyl sites for hydroxylation is 2. The fourth-order valence-electron chi connectivity index (χ4n) is 3.56. The fourth-order valence-corrected chi connectivity index (χ4v) is 6.62. The minimum Gasteiger partial charge on any atom is -0.320 e. The van der Waals surface area contributed by atoms with E-state index in [0.717, 1.165) is 23.3 Å². The average Bonchev–Trinajstić information content (AvgIpc) is 3.41. The van der Waals surface area contributed by atoms with Gasteiger partial charge >= 0.3 is 0 Å². The molecular formula is C21H21ClN4O3S2. The maximum Gasteiger partial charge on any atom is 0.286 e. The molecule has 0 spiro atoms. The van der Waals surface area contributed by atoms with Gasteiger partial charge in [-0.25, -0.2) is 8.42 Å². The van der Waals surface area contributed by atoms with Gasteiger partial charge < -0.3 is 5.32 Å². The van der Waals surface area contributed by atoms with Crippen molar-refractivity contribution in [1.29, 1.82) is 0 Å². The number of anilines is 1. The zero-order chi connectivity index (χ0) is 22.2. The molecule has 0 unspecified atom stereocenters. The Hall–Kier alpha value is -2.33. The predicted octanol–water partition coefficient (Wildman–Crippen LogP) is 4.59. The number of hydrogen-bond donors (Lipinski definition) is 1. The molecule has 1 aliphatic heterocycles. The van der Waals surface area contributed by atoms with Crippen molar-refractivity contribution in [3.05, 3.63) is 68.6 Å². The molecule has 0 aliphatic carbocycles. The molecular weight excluding hydrogens is 456 g/mol. The third-order valence-electron chi connectivity index (χ3n) is 5.16. The van der Waals surface area contributed by atoms with E-state index in [9.17, 15) is 13.2 Å². The SMILES string of the molecule is Cc1ccc(C)c(S(=O)(=O)N2CCC[C@@H]2c2nnc(C(=O)Nc3ccc(Cl)cc3)s2)c1. The number of aromatic nitrogens is 2. The van der Waals surface area contributed by atoms with E-state index >= 15 is 0 Å². The summed E-state index contributed by atoms with van der Waals surface area (Å²) in [4.78, 5) is 12.9. The molecule has 4 rings (SSSR count). The van der Waals surface area contributed by atoms with E-state index in [4.69, 9.17) is 11.6 Å². The molecule has 7 nitrogen and oxygen atoms in total. The minimum absolute atomic E-state index is 0.181. The van der Waals surface area contributed by atoms with Gasteiger partial charge in [-0.2, -0.15) is 4.31 Å². The lowest BCUT2D eigenvalue weighted by Gasteiger charge is -2.23. The summed E-state index contributed by atoms with van der Waals surface area (Å²) >= 11 is 6.98. The summed E-state index contributed by atoms with van der Waals surface area (Å²) in [5.74, 6) is -0.395. The summed E-state index contributed by atoms with van der Waals surface area (Å²) in [5, 5.41) is 12.2. The third-order valence-corrected chi connectivity index (χ3v) is 8.48. The van der Waals surface area contributed by atoms with Crippen LogP contribution < -0.4 is 5.32 Å². The first-order valence-electron chi connectivity index (χ1n) is 9.75. The highest BCUT2D eigenvalue weighted by atomic mass is 35.5. The zero-order valence-electron chi connectivity index (χ0n) is 17.0. The highest BCUT2D eigenvalue weighted by molar-refractivity contribution is 7.89. The maximum absolute atomic E-state index is 13.4. The molecule has 10 heteroatoms. The van der Waals surface area contributed by atoms with E-state index < -0.39 is 22.0 Å². The number of carbonyl (C=O) groups is 1. The van der Waals surface area contributed by atoms with Crippen molar-refractivity contribution >= 4 is 44.6 Å². The topological polar surface area (TPSA) is 92.3 Å². The van der Waals surface area contributed by atoms with Gasteiger partial charge in [0.15, 0.2) is 0 Å². The Morgan fingerprint density at radius 2 is 1.90 bits per heavy atom. The van der Waals surface area contributed by atoms with Crippen molar-refractivity contribution < 1.29 is 13.2 Å². The van der Waals surface area contributed by atoms with Crippen LogP contribution in [-0.4, -0.2) is 35.4 Å². The third kappa shape index (κ3) is 4.50.